The summed E-state index contributed by atoms with van der Waals surface area (Å²) in [5.74, 6) is 1.22. The molecule has 1 fully saturated rings. The molecule has 0 amide bonds. The SMILES string of the molecule is Nc1nc(N2CCCCC2)nc2[nH]ncc12. The molecule has 1 aliphatic heterocycles. The Labute approximate surface area is 92.9 Å². The van der Waals surface area contributed by atoms with Crippen LogP contribution in [0.2, 0.25) is 0 Å². The molecule has 6 nitrogen and oxygen atoms in total. The zero-order valence-electron chi connectivity index (χ0n) is 8.98. The van der Waals surface area contributed by atoms with E-state index in [1.54, 1.807) is 6.20 Å². The van der Waals surface area contributed by atoms with Crippen LogP contribution in [0.5, 0.6) is 0 Å². The van der Waals surface area contributed by atoms with Gasteiger partial charge < -0.3 is 10.6 Å². The van der Waals surface area contributed by atoms with Crippen LogP contribution >= 0.6 is 0 Å². The molecule has 1 aliphatic rings. The van der Waals surface area contributed by atoms with Gasteiger partial charge in [0.15, 0.2) is 5.65 Å². The van der Waals surface area contributed by atoms with E-state index >= 15 is 0 Å². The zero-order valence-corrected chi connectivity index (χ0v) is 8.98. The molecule has 0 atom stereocenters. The number of nitrogens with two attached hydrogens (primary N) is 1. The summed E-state index contributed by atoms with van der Waals surface area (Å²) >= 11 is 0. The molecular weight excluding hydrogens is 204 g/mol. The largest absolute Gasteiger partial charge is 0.383 e. The van der Waals surface area contributed by atoms with E-state index in [0.717, 1.165) is 18.5 Å². The molecule has 0 unspecified atom stereocenters. The molecule has 6 heteroatoms. The highest BCUT2D eigenvalue weighted by Gasteiger charge is 2.15. The Hall–Kier alpha value is -1.85. The van der Waals surface area contributed by atoms with Crippen LogP contribution in [0.3, 0.4) is 0 Å². The van der Waals surface area contributed by atoms with Crippen LogP contribution in [0.25, 0.3) is 11.0 Å². The van der Waals surface area contributed by atoms with Gasteiger partial charge in [-0.15, -0.1) is 0 Å². The molecule has 1 saturated heterocycles. The summed E-state index contributed by atoms with van der Waals surface area (Å²) in [6.07, 6.45) is 5.34. The van der Waals surface area contributed by atoms with E-state index < -0.39 is 0 Å². The minimum absolute atomic E-state index is 0.499. The number of H-pyrrole nitrogens is 1. The predicted octanol–water partition coefficient (Wildman–Crippen LogP) is 0.925. The highest BCUT2D eigenvalue weighted by atomic mass is 15.3. The highest BCUT2D eigenvalue weighted by Crippen LogP contribution is 2.21. The lowest BCUT2D eigenvalue weighted by Gasteiger charge is -2.26. The highest BCUT2D eigenvalue weighted by molar-refractivity contribution is 5.85. The van der Waals surface area contributed by atoms with Gasteiger partial charge in [-0.05, 0) is 19.3 Å². The van der Waals surface area contributed by atoms with E-state index in [9.17, 15) is 0 Å². The van der Waals surface area contributed by atoms with Gasteiger partial charge in [0.05, 0.1) is 11.6 Å². The van der Waals surface area contributed by atoms with E-state index in [-0.39, 0.29) is 0 Å². The second kappa shape index (κ2) is 3.62. The van der Waals surface area contributed by atoms with Gasteiger partial charge in [0, 0.05) is 13.1 Å². The monoisotopic (exact) mass is 218 g/mol. The van der Waals surface area contributed by atoms with E-state index in [1.165, 1.54) is 19.3 Å². The molecule has 0 aromatic carbocycles. The average molecular weight is 218 g/mol. The van der Waals surface area contributed by atoms with E-state index in [4.69, 9.17) is 5.73 Å². The maximum absolute atomic E-state index is 5.87. The first kappa shape index (κ1) is 9.38. The molecular formula is C10H14N6. The fraction of sp³-hybridized carbons (Fsp3) is 0.500. The first-order valence-electron chi connectivity index (χ1n) is 5.56. The number of piperidine rings is 1. The van der Waals surface area contributed by atoms with Crippen LogP contribution in [0.1, 0.15) is 19.3 Å². The normalized spacial score (nSPS) is 16.9. The smallest absolute Gasteiger partial charge is 0.229 e. The molecule has 16 heavy (non-hydrogen) atoms. The Bertz CT molecular complexity index is 499. The lowest BCUT2D eigenvalue weighted by atomic mass is 10.1. The van der Waals surface area contributed by atoms with E-state index in [1.807, 2.05) is 0 Å². The van der Waals surface area contributed by atoms with Crippen molar-refractivity contribution in [1.82, 2.24) is 20.2 Å². The number of rotatable bonds is 1. The molecule has 0 bridgehead atoms. The van der Waals surface area contributed by atoms with Gasteiger partial charge in [-0.1, -0.05) is 0 Å². The number of hydrogen-bond acceptors (Lipinski definition) is 5. The Balaban J connectivity index is 2.02. The predicted molar refractivity (Wildman–Crippen MR) is 62.2 cm³/mol. The minimum Gasteiger partial charge on any atom is -0.383 e. The van der Waals surface area contributed by atoms with Crippen molar-refractivity contribution in [3.05, 3.63) is 6.20 Å². The number of nitrogens with zero attached hydrogens (tertiary/aromatic N) is 4. The fourth-order valence-corrected chi connectivity index (χ4v) is 2.08. The molecule has 2 aromatic heterocycles. The Morgan fingerprint density at radius 3 is 2.81 bits per heavy atom. The van der Waals surface area contributed by atoms with E-state index in [2.05, 4.69) is 25.1 Å². The Kier molecular flexibility index (Phi) is 2.12. The molecule has 3 N–H and O–H groups in total. The molecule has 0 aliphatic carbocycles. The number of anilines is 2. The molecule has 3 heterocycles. The summed E-state index contributed by atoms with van der Waals surface area (Å²) in [7, 11) is 0. The van der Waals surface area contributed by atoms with Crippen molar-refractivity contribution in [1.29, 1.82) is 0 Å². The minimum atomic E-state index is 0.499. The Morgan fingerprint density at radius 1 is 1.19 bits per heavy atom. The molecule has 2 aromatic rings. The Morgan fingerprint density at radius 2 is 2.00 bits per heavy atom. The summed E-state index contributed by atoms with van der Waals surface area (Å²) < 4.78 is 0. The number of nitrogens with one attached hydrogen (secondary N) is 1. The molecule has 84 valence electrons. The number of aromatic nitrogens is 4. The second-order valence-corrected chi connectivity index (χ2v) is 4.09. The third-order valence-electron chi connectivity index (χ3n) is 2.97. The maximum atomic E-state index is 5.87. The second-order valence-electron chi connectivity index (χ2n) is 4.09. The van der Waals surface area contributed by atoms with Crippen molar-refractivity contribution >= 4 is 22.8 Å². The third-order valence-corrected chi connectivity index (χ3v) is 2.97. The van der Waals surface area contributed by atoms with Crippen molar-refractivity contribution in [2.24, 2.45) is 0 Å². The van der Waals surface area contributed by atoms with Crippen molar-refractivity contribution in [3.8, 4) is 0 Å². The van der Waals surface area contributed by atoms with Crippen LogP contribution in [0.15, 0.2) is 6.20 Å². The number of fused-ring (bicyclic) bond motifs is 1. The summed E-state index contributed by atoms with van der Waals surface area (Å²) in [6.45, 7) is 2.03. The summed E-state index contributed by atoms with van der Waals surface area (Å²) in [5, 5.41) is 7.55. The van der Waals surface area contributed by atoms with Gasteiger partial charge in [0.1, 0.15) is 5.82 Å². The van der Waals surface area contributed by atoms with Crippen molar-refractivity contribution in [3.63, 3.8) is 0 Å². The quantitative estimate of drug-likeness (QED) is 0.743. The summed E-state index contributed by atoms with van der Waals surface area (Å²) in [5.41, 5.74) is 6.59. The topological polar surface area (TPSA) is 83.7 Å². The third kappa shape index (κ3) is 1.46. The summed E-state index contributed by atoms with van der Waals surface area (Å²) in [6, 6.07) is 0. The average Bonchev–Trinajstić information content (AvgIpc) is 2.79. The first-order valence-corrected chi connectivity index (χ1v) is 5.56. The lowest BCUT2D eigenvalue weighted by molar-refractivity contribution is 0.569. The van der Waals surface area contributed by atoms with E-state index in [0.29, 0.717) is 17.4 Å². The van der Waals surface area contributed by atoms with Gasteiger partial charge in [-0.25, -0.2) is 0 Å². The van der Waals surface area contributed by atoms with Crippen molar-refractivity contribution < 1.29 is 0 Å². The lowest BCUT2D eigenvalue weighted by Crippen LogP contribution is -2.31. The molecule has 0 radical (unpaired) electrons. The van der Waals surface area contributed by atoms with Gasteiger partial charge >= 0.3 is 0 Å². The number of aromatic amines is 1. The van der Waals surface area contributed by atoms with Crippen molar-refractivity contribution in [2.75, 3.05) is 23.7 Å². The maximum Gasteiger partial charge on any atom is 0.229 e. The number of hydrogen-bond donors (Lipinski definition) is 2. The van der Waals surface area contributed by atoms with Crippen LogP contribution in [0.4, 0.5) is 11.8 Å². The van der Waals surface area contributed by atoms with Crippen LogP contribution < -0.4 is 10.6 Å². The first-order chi connectivity index (χ1) is 7.84. The standard InChI is InChI=1S/C10H14N6/c11-8-7-6-12-15-9(7)14-10(13-8)16-4-2-1-3-5-16/h6H,1-5H2,(H3,11,12,13,14,15). The van der Waals surface area contributed by atoms with Crippen LogP contribution in [0, 0.1) is 0 Å². The van der Waals surface area contributed by atoms with Gasteiger partial charge in [-0.3, -0.25) is 5.10 Å². The van der Waals surface area contributed by atoms with Gasteiger partial charge in [-0.2, -0.15) is 15.1 Å². The van der Waals surface area contributed by atoms with Crippen LogP contribution in [-0.4, -0.2) is 33.3 Å². The van der Waals surface area contributed by atoms with Crippen molar-refractivity contribution in [2.45, 2.75) is 19.3 Å². The fourth-order valence-electron chi connectivity index (χ4n) is 2.08. The number of nitrogen functional groups attached to an aromatic ring is 1. The zero-order chi connectivity index (χ0) is 11.0. The van der Waals surface area contributed by atoms with Gasteiger partial charge in [0.2, 0.25) is 5.95 Å². The molecule has 3 rings (SSSR count). The summed E-state index contributed by atoms with van der Waals surface area (Å²) in [4.78, 5) is 10.9. The van der Waals surface area contributed by atoms with Crippen LogP contribution in [-0.2, 0) is 0 Å². The molecule has 0 spiro atoms. The molecule has 0 saturated carbocycles. The van der Waals surface area contributed by atoms with Gasteiger partial charge in [0.25, 0.3) is 0 Å².